The van der Waals surface area contributed by atoms with Crippen molar-refractivity contribution >= 4 is 11.3 Å². The fraction of sp³-hybridized carbons (Fsp3) is 0.769. The first-order valence-electron chi connectivity index (χ1n) is 6.02. The maximum absolute atomic E-state index is 6.61. The van der Waals surface area contributed by atoms with Gasteiger partial charge in [-0.3, -0.25) is 0 Å². The predicted octanol–water partition coefficient (Wildman–Crippen LogP) is 3.45. The van der Waals surface area contributed by atoms with E-state index in [2.05, 4.69) is 31.1 Å². The summed E-state index contributed by atoms with van der Waals surface area (Å²) in [6.07, 6.45) is 3.40. The van der Waals surface area contributed by atoms with Crippen LogP contribution >= 0.6 is 11.3 Å². The molecule has 2 unspecified atom stereocenters. The molecule has 1 aliphatic carbocycles. The second kappa shape index (κ2) is 3.81. The highest BCUT2D eigenvalue weighted by Crippen LogP contribution is 2.47. The molecule has 3 heteroatoms. The molecule has 0 spiro atoms. The van der Waals surface area contributed by atoms with E-state index in [1.165, 1.54) is 6.42 Å². The molecule has 0 saturated heterocycles. The molecule has 2 rings (SSSR count). The minimum absolute atomic E-state index is 0.194. The molecule has 2 nitrogen and oxygen atoms in total. The number of hydrogen-bond acceptors (Lipinski definition) is 3. The first-order chi connectivity index (χ1) is 7.31. The molecule has 0 bridgehead atoms. The zero-order chi connectivity index (χ0) is 12.0. The standard InChI is InChI=1S/C13H22N2S/c1-9-5-12(3,4)8-13(14,6-9)11-15-10(2)7-16-11/h7,9H,5-6,8,14H2,1-4H3. The van der Waals surface area contributed by atoms with Gasteiger partial charge in [0.15, 0.2) is 0 Å². The number of aromatic nitrogens is 1. The van der Waals surface area contributed by atoms with Crippen LogP contribution in [0, 0.1) is 18.3 Å². The largest absolute Gasteiger partial charge is 0.319 e. The van der Waals surface area contributed by atoms with Crippen molar-refractivity contribution in [3.8, 4) is 0 Å². The lowest BCUT2D eigenvalue weighted by Gasteiger charge is -2.44. The minimum atomic E-state index is -0.194. The zero-order valence-corrected chi connectivity index (χ0v) is 11.5. The van der Waals surface area contributed by atoms with Gasteiger partial charge in [-0.2, -0.15) is 0 Å². The normalized spacial score (nSPS) is 33.9. The molecule has 0 amide bonds. The summed E-state index contributed by atoms with van der Waals surface area (Å²) in [6, 6.07) is 0. The van der Waals surface area contributed by atoms with Crippen LogP contribution in [-0.2, 0) is 5.54 Å². The maximum Gasteiger partial charge on any atom is 0.113 e. The van der Waals surface area contributed by atoms with Gasteiger partial charge in [0.2, 0.25) is 0 Å². The molecule has 1 aromatic rings. The molecule has 90 valence electrons. The Hall–Kier alpha value is -0.410. The van der Waals surface area contributed by atoms with Crippen LogP contribution in [0.5, 0.6) is 0 Å². The Morgan fingerprint density at radius 3 is 2.62 bits per heavy atom. The van der Waals surface area contributed by atoms with Crippen molar-refractivity contribution in [1.82, 2.24) is 4.98 Å². The zero-order valence-electron chi connectivity index (χ0n) is 10.7. The van der Waals surface area contributed by atoms with Crippen molar-refractivity contribution in [2.75, 3.05) is 0 Å². The highest BCUT2D eigenvalue weighted by molar-refractivity contribution is 7.09. The molecule has 1 aliphatic rings. The summed E-state index contributed by atoms with van der Waals surface area (Å²) in [7, 11) is 0. The molecule has 0 aliphatic heterocycles. The van der Waals surface area contributed by atoms with E-state index in [9.17, 15) is 0 Å². The van der Waals surface area contributed by atoms with Crippen molar-refractivity contribution in [2.24, 2.45) is 17.1 Å². The number of hydrogen-bond donors (Lipinski definition) is 1. The first-order valence-corrected chi connectivity index (χ1v) is 6.90. The third kappa shape index (κ3) is 2.30. The van der Waals surface area contributed by atoms with Gasteiger partial charge in [0.05, 0.1) is 5.54 Å². The van der Waals surface area contributed by atoms with Crippen molar-refractivity contribution in [1.29, 1.82) is 0 Å². The van der Waals surface area contributed by atoms with Gasteiger partial charge in [-0.15, -0.1) is 11.3 Å². The summed E-state index contributed by atoms with van der Waals surface area (Å²) in [5.74, 6) is 0.693. The maximum atomic E-state index is 6.61. The van der Waals surface area contributed by atoms with Gasteiger partial charge in [-0.25, -0.2) is 4.98 Å². The molecule has 1 saturated carbocycles. The van der Waals surface area contributed by atoms with E-state index < -0.39 is 0 Å². The second-order valence-electron chi connectivity index (χ2n) is 6.30. The molecule has 2 N–H and O–H groups in total. The SMILES string of the molecule is Cc1csc(C2(N)CC(C)CC(C)(C)C2)n1. The molecular formula is C13H22N2S. The van der Waals surface area contributed by atoms with Gasteiger partial charge in [0, 0.05) is 11.1 Å². The van der Waals surface area contributed by atoms with Crippen LogP contribution in [0.15, 0.2) is 5.38 Å². The molecule has 0 aromatic carbocycles. The Kier molecular flexibility index (Phi) is 2.87. The van der Waals surface area contributed by atoms with Crippen LogP contribution in [0.1, 0.15) is 50.7 Å². The first kappa shape index (κ1) is 12.1. The lowest BCUT2D eigenvalue weighted by Crippen LogP contribution is -2.46. The monoisotopic (exact) mass is 238 g/mol. The Morgan fingerprint density at radius 1 is 1.44 bits per heavy atom. The highest BCUT2D eigenvalue weighted by Gasteiger charge is 2.42. The molecule has 16 heavy (non-hydrogen) atoms. The van der Waals surface area contributed by atoms with E-state index in [1.54, 1.807) is 11.3 Å². The van der Waals surface area contributed by atoms with E-state index in [1.807, 2.05) is 6.92 Å². The van der Waals surface area contributed by atoms with Gasteiger partial charge in [0.25, 0.3) is 0 Å². The topological polar surface area (TPSA) is 38.9 Å². The van der Waals surface area contributed by atoms with Crippen molar-refractivity contribution < 1.29 is 0 Å². The predicted molar refractivity (Wildman–Crippen MR) is 69.5 cm³/mol. The van der Waals surface area contributed by atoms with Crippen LogP contribution < -0.4 is 5.73 Å². The van der Waals surface area contributed by atoms with E-state index >= 15 is 0 Å². The molecule has 1 fully saturated rings. The number of thiazole rings is 1. The quantitative estimate of drug-likeness (QED) is 0.814. The van der Waals surface area contributed by atoms with Gasteiger partial charge in [0.1, 0.15) is 5.01 Å². The lowest BCUT2D eigenvalue weighted by atomic mass is 9.65. The number of rotatable bonds is 1. The van der Waals surface area contributed by atoms with Crippen LogP contribution in [0.25, 0.3) is 0 Å². The Bertz CT molecular complexity index is 383. The fourth-order valence-corrected chi connectivity index (χ4v) is 4.30. The van der Waals surface area contributed by atoms with Crippen LogP contribution in [0.3, 0.4) is 0 Å². The van der Waals surface area contributed by atoms with Crippen LogP contribution in [0.2, 0.25) is 0 Å². The van der Waals surface area contributed by atoms with Gasteiger partial charge in [-0.05, 0) is 37.5 Å². The summed E-state index contributed by atoms with van der Waals surface area (Å²) >= 11 is 1.72. The van der Waals surface area contributed by atoms with Crippen molar-refractivity contribution in [3.05, 3.63) is 16.1 Å². The third-order valence-corrected chi connectivity index (χ3v) is 4.63. The van der Waals surface area contributed by atoms with Crippen LogP contribution in [0.4, 0.5) is 0 Å². The van der Waals surface area contributed by atoms with Crippen molar-refractivity contribution in [3.63, 3.8) is 0 Å². The molecule has 0 radical (unpaired) electrons. The van der Waals surface area contributed by atoms with Gasteiger partial charge < -0.3 is 5.73 Å². The van der Waals surface area contributed by atoms with Gasteiger partial charge in [-0.1, -0.05) is 20.8 Å². The van der Waals surface area contributed by atoms with E-state index in [-0.39, 0.29) is 5.54 Å². The summed E-state index contributed by atoms with van der Waals surface area (Å²) < 4.78 is 0. The van der Waals surface area contributed by atoms with Gasteiger partial charge >= 0.3 is 0 Å². The summed E-state index contributed by atoms with van der Waals surface area (Å²) in [6.45, 7) is 9.00. The number of aryl methyl sites for hydroxylation is 1. The average molecular weight is 238 g/mol. The minimum Gasteiger partial charge on any atom is -0.319 e. The van der Waals surface area contributed by atoms with E-state index in [0.717, 1.165) is 23.5 Å². The molecular weight excluding hydrogens is 216 g/mol. The summed E-state index contributed by atoms with van der Waals surface area (Å²) in [5.41, 5.74) is 7.85. The Morgan fingerprint density at radius 2 is 2.12 bits per heavy atom. The second-order valence-corrected chi connectivity index (χ2v) is 7.16. The molecule has 1 heterocycles. The average Bonchev–Trinajstić information content (AvgIpc) is 2.47. The third-order valence-electron chi connectivity index (χ3n) is 3.45. The summed E-state index contributed by atoms with van der Waals surface area (Å²) in [4.78, 5) is 4.60. The number of nitrogens with two attached hydrogens (primary N) is 1. The molecule has 1 aromatic heterocycles. The van der Waals surface area contributed by atoms with Crippen LogP contribution in [-0.4, -0.2) is 4.98 Å². The smallest absolute Gasteiger partial charge is 0.113 e. The summed E-state index contributed by atoms with van der Waals surface area (Å²) in [5, 5.41) is 3.24. The lowest BCUT2D eigenvalue weighted by molar-refractivity contribution is 0.107. The Labute approximate surface area is 102 Å². The number of nitrogens with zero attached hydrogens (tertiary/aromatic N) is 1. The van der Waals surface area contributed by atoms with E-state index in [0.29, 0.717) is 11.3 Å². The van der Waals surface area contributed by atoms with Crippen molar-refractivity contribution in [2.45, 2.75) is 52.5 Å². The Balaban J connectivity index is 2.30. The fourth-order valence-electron chi connectivity index (χ4n) is 3.38. The highest BCUT2D eigenvalue weighted by atomic mass is 32.1. The molecule has 2 atom stereocenters. The van der Waals surface area contributed by atoms with E-state index in [4.69, 9.17) is 5.73 Å².